The predicted molar refractivity (Wildman–Crippen MR) is 60.1 cm³/mol. The molecule has 5 nitrogen and oxygen atoms in total. The van der Waals surface area contributed by atoms with E-state index in [0.29, 0.717) is 6.54 Å². The first-order valence-corrected chi connectivity index (χ1v) is 5.05. The molecule has 2 N–H and O–H groups in total. The fraction of sp³-hybridized carbons (Fsp3) is 0.636. The summed E-state index contributed by atoms with van der Waals surface area (Å²) in [6.45, 7) is 7.27. The van der Waals surface area contributed by atoms with E-state index in [1.165, 1.54) is 13.0 Å². The molecule has 0 heterocycles. The highest BCUT2D eigenvalue weighted by Crippen LogP contribution is 2.06. The fourth-order valence-electron chi connectivity index (χ4n) is 0.864. The molecule has 0 aliphatic carbocycles. The van der Waals surface area contributed by atoms with Crippen molar-refractivity contribution >= 4 is 11.9 Å². The average molecular weight is 229 g/mol. The topological polar surface area (TPSA) is 75.6 Å². The second-order valence-electron chi connectivity index (χ2n) is 4.41. The van der Waals surface area contributed by atoms with Crippen LogP contribution in [0.2, 0.25) is 0 Å². The molecule has 0 atom stereocenters. The third-order valence-corrected chi connectivity index (χ3v) is 1.58. The Morgan fingerprint density at radius 2 is 1.94 bits per heavy atom. The smallest absolute Gasteiger partial charge is 0.330 e. The maximum Gasteiger partial charge on any atom is 0.330 e. The Labute approximate surface area is 95.5 Å². The van der Waals surface area contributed by atoms with E-state index in [1.54, 1.807) is 20.8 Å². The molecule has 0 fully saturated rings. The van der Waals surface area contributed by atoms with Gasteiger partial charge in [-0.05, 0) is 27.7 Å². The SMILES string of the molecule is C/C(=C\CNCC(=O)OC(C)(C)C)C(=O)O. The molecular formula is C11H19NO4. The van der Waals surface area contributed by atoms with Crippen molar-refractivity contribution < 1.29 is 19.4 Å². The molecule has 0 bridgehead atoms. The van der Waals surface area contributed by atoms with E-state index in [-0.39, 0.29) is 18.1 Å². The third-order valence-electron chi connectivity index (χ3n) is 1.58. The van der Waals surface area contributed by atoms with Gasteiger partial charge in [0.2, 0.25) is 0 Å². The fourth-order valence-corrected chi connectivity index (χ4v) is 0.864. The lowest BCUT2D eigenvalue weighted by atomic mass is 10.2. The standard InChI is InChI=1S/C11H19NO4/c1-8(10(14)15)5-6-12-7-9(13)16-11(2,3)4/h5,12H,6-7H2,1-4H3,(H,14,15)/b8-5+. The zero-order chi connectivity index (χ0) is 12.8. The summed E-state index contributed by atoms with van der Waals surface area (Å²) in [5.74, 6) is -1.31. The Morgan fingerprint density at radius 1 is 1.38 bits per heavy atom. The molecule has 0 rings (SSSR count). The average Bonchev–Trinajstić information content (AvgIpc) is 2.08. The van der Waals surface area contributed by atoms with E-state index in [4.69, 9.17) is 9.84 Å². The first kappa shape index (κ1) is 14.6. The number of carbonyl (C=O) groups is 2. The first-order valence-electron chi connectivity index (χ1n) is 5.05. The summed E-state index contributed by atoms with van der Waals surface area (Å²) >= 11 is 0. The quantitative estimate of drug-likeness (QED) is 0.417. The van der Waals surface area contributed by atoms with Crippen LogP contribution < -0.4 is 5.32 Å². The van der Waals surface area contributed by atoms with E-state index in [2.05, 4.69) is 5.32 Å². The molecule has 5 heteroatoms. The van der Waals surface area contributed by atoms with Gasteiger partial charge in [0.25, 0.3) is 0 Å². The number of hydrogen-bond donors (Lipinski definition) is 2. The van der Waals surface area contributed by atoms with Gasteiger partial charge in [0.1, 0.15) is 5.60 Å². The Hall–Kier alpha value is -1.36. The molecule has 0 aromatic rings. The van der Waals surface area contributed by atoms with E-state index in [9.17, 15) is 9.59 Å². The van der Waals surface area contributed by atoms with Crippen LogP contribution in [0.25, 0.3) is 0 Å². The van der Waals surface area contributed by atoms with Crippen LogP contribution in [0.5, 0.6) is 0 Å². The minimum atomic E-state index is -0.959. The number of ether oxygens (including phenoxy) is 1. The maximum absolute atomic E-state index is 11.2. The third kappa shape index (κ3) is 7.99. The van der Waals surface area contributed by atoms with Crippen LogP contribution in [0.3, 0.4) is 0 Å². The Kier molecular flexibility index (Phi) is 5.74. The molecule has 92 valence electrons. The van der Waals surface area contributed by atoms with Crippen LogP contribution in [0.4, 0.5) is 0 Å². The molecule has 0 unspecified atom stereocenters. The Balaban J connectivity index is 3.80. The number of carboxylic acids is 1. The molecule has 0 aromatic heterocycles. The van der Waals surface area contributed by atoms with Gasteiger partial charge >= 0.3 is 11.9 Å². The van der Waals surface area contributed by atoms with Crippen molar-refractivity contribution in [3.05, 3.63) is 11.6 Å². The van der Waals surface area contributed by atoms with E-state index < -0.39 is 11.6 Å². The van der Waals surface area contributed by atoms with Crippen LogP contribution in [-0.2, 0) is 14.3 Å². The number of hydrogen-bond acceptors (Lipinski definition) is 4. The van der Waals surface area contributed by atoms with Gasteiger partial charge in [0.05, 0.1) is 6.54 Å². The molecule has 0 radical (unpaired) electrons. The van der Waals surface area contributed by atoms with Gasteiger partial charge in [-0.3, -0.25) is 4.79 Å². The highest BCUT2D eigenvalue weighted by molar-refractivity contribution is 5.85. The lowest BCUT2D eigenvalue weighted by molar-refractivity contribution is -0.153. The van der Waals surface area contributed by atoms with Gasteiger partial charge in [-0.2, -0.15) is 0 Å². The second kappa shape index (κ2) is 6.27. The first-order chi connectivity index (χ1) is 7.22. The van der Waals surface area contributed by atoms with Crippen LogP contribution in [-0.4, -0.2) is 35.7 Å². The molecule has 0 aliphatic rings. The lowest BCUT2D eigenvalue weighted by Gasteiger charge is -2.19. The normalized spacial score (nSPS) is 12.4. The van der Waals surface area contributed by atoms with Gasteiger partial charge < -0.3 is 15.2 Å². The highest BCUT2D eigenvalue weighted by atomic mass is 16.6. The molecule has 0 amide bonds. The molecule has 0 saturated heterocycles. The Bertz CT molecular complexity index is 289. The van der Waals surface area contributed by atoms with Crippen LogP contribution in [0, 0.1) is 0 Å². The second-order valence-corrected chi connectivity index (χ2v) is 4.41. The van der Waals surface area contributed by atoms with Crippen LogP contribution in [0.15, 0.2) is 11.6 Å². The van der Waals surface area contributed by atoms with Crippen molar-refractivity contribution in [2.45, 2.75) is 33.3 Å². The lowest BCUT2D eigenvalue weighted by Crippen LogP contribution is -2.31. The number of esters is 1. The van der Waals surface area contributed by atoms with Gasteiger partial charge in [-0.25, -0.2) is 4.79 Å². The summed E-state index contributed by atoms with van der Waals surface area (Å²) in [5, 5.41) is 11.3. The molecule has 0 aromatic carbocycles. The number of nitrogens with one attached hydrogen (secondary N) is 1. The molecule has 0 aliphatic heterocycles. The van der Waals surface area contributed by atoms with Crippen molar-refractivity contribution in [1.29, 1.82) is 0 Å². The van der Waals surface area contributed by atoms with Crippen molar-refractivity contribution in [3.8, 4) is 0 Å². The number of aliphatic carboxylic acids is 1. The summed E-state index contributed by atoms with van der Waals surface area (Å²) in [4.78, 5) is 21.6. The number of rotatable bonds is 5. The molecule has 0 spiro atoms. The van der Waals surface area contributed by atoms with E-state index >= 15 is 0 Å². The van der Waals surface area contributed by atoms with Gasteiger partial charge in [-0.1, -0.05) is 6.08 Å². The molecular weight excluding hydrogens is 210 g/mol. The predicted octanol–water partition coefficient (Wildman–Crippen LogP) is 0.949. The van der Waals surface area contributed by atoms with E-state index in [0.717, 1.165) is 0 Å². The van der Waals surface area contributed by atoms with Crippen molar-refractivity contribution in [1.82, 2.24) is 5.32 Å². The maximum atomic E-state index is 11.2. The summed E-state index contributed by atoms with van der Waals surface area (Å²) in [5.41, 5.74) is -0.248. The summed E-state index contributed by atoms with van der Waals surface area (Å²) in [6.07, 6.45) is 1.51. The number of carbonyl (C=O) groups excluding carboxylic acids is 1. The number of carboxylic acid groups (broad SMARTS) is 1. The summed E-state index contributed by atoms with van der Waals surface area (Å²) in [7, 11) is 0. The van der Waals surface area contributed by atoms with Crippen molar-refractivity contribution in [3.63, 3.8) is 0 Å². The summed E-state index contributed by atoms with van der Waals surface area (Å²) < 4.78 is 5.05. The minimum Gasteiger partial charge on any atom is -0.478 e. The zero-order valence-electron chi connectivity index (χ0n) is 10.2. The molecule has 16 heavy (non-hydrogen) atoms. The van der Waals surface area contributed by atoms with E-state index in [1.807, 2.05) is 0 Å². The monoisotopic (exact) mass is 229 g/mol. The van der Waals surface area contributed by atoms with Gasteiger partial charge in [-0.15, -0.1) is 0 Å². The highest BCUT2D eigenvalue weighted by Gasteiger charge is 2.15. The van der Waals surface area contributed by atoms with Crippen LogP contribution in [0.1, 0.15) is 27.7 Å². The molecule has 0 saturated carbocycles. The zero-order valence-corrected chi connectivity index (χ0v) is 10.2. The largest absolute Gasteiger partial charge is 0.478 e. The van der Waals surface area contributed by atoms with Gasteiger partial charge in [0, 0.05) is 12.1 Å². The van der Waals surface area contributed by atoms with Crippen molar-refractivity contribution in [2.75, 3.05) is 13.1 Å². The van der Waals surface area contributed by atoms with Gasteiger partial charge in [0.15, 0.2) is 0 Å². The Morgan fingerprint density at radius 3 is 2.38 bits per heavy atom. The minimum absolute atomic E-state index is 0.0701. The van der Waals surface area contributed by atoms with Crippen molar-refractivity contribution in [2.24, 2.45) is 0 Å². The summed E-state index contributed by atoms with van der Waals surface area (Å²) in [6, 6.07) is 0. The van der Waals surface area contributed by atoms with Crippen LogP contribution >= 0.6 is 0 Å².